The van der Waals surface area contributed by atoms with Crippen LogP contribution in [0, 0.1) is 0 Å². The fraction of sp³-hybridized carbons (Fsp3) is 0.667. The van der Waals surface area contributed by atoms with Gasteiger partial charge in [-0.15, -0.1) is 11.3 Å². The van der Waals surface area contributed by atoms with Gasteiger partial charge in [0, 0.05) is 32.1 Å². The molecule has 0 radical (unpaired) electrons. The predicted molar refractivity (Wildman–Crippen MR) is 55.1 cm³/mol. The van der Waals surface area contributed by atoms with Crippen LogP contribution >= 0.6 is 11.3 Å². The minimum Gasteiger partial charge on any atom is -0.385 e. The van der Waals surface area contributed by atoms with Gasteiger partial charge in [-0.1, -0.05) is 0 Å². The molecule has 1 heterocycles. The summed E-state index contributed by atoms with van der Waals surface area (Å²) in [5.74, 6) is 0. The number of thiazole rings is 1. The molecular weight excluding hydrogens is 184 g/mol. The number of aryl methyl sites for hydroxylation is 1. The lowest BCUT2D eigenvalue weighted by Gasteiger charge is -1.95. The van der Waals surface area contributed by atoms with Crippen LogP contribution in [0.2, 0.25) is 0 Å². The lowest BCUT2D eigenvalue weighted by atomic mass is 10.3. The Morgan fingerprint density at radius 3 is 3.15 bits per heavy atom. The van der Waals surface area contributed by atoms with Crippen LogP contribution in [0.4, 0.5) is 0 Å². The van der Waals surface area contributed by atoms with Crippen molar-refractivity contribution < 1.29 is 4.74 Å². The molecule has 0 saturated carbocycles. The Hall–Kier alpha value is -0.450. The normalized spacial score (nSPS) is 10.6. The highest BCUT2D eigenvalue weighted by Crippen LogP contribution is 2.11. The Kier molecular flexibility index (Phi) is 4.97. The van der Waals surface area contributed by atoms with Crippen molar-refractivity contribution in [1.29, 1.82) is 0 Å². The van der Waals surface area contributed by atoms with E-state index >= 15 is 0 Å². The molecule has 1 aromatic heterocycles. The fourth-order valence-corrected chi connectivity index (χ4v) is 1.93. The van der Waals surface area contributed by atoms with Crippen molar-refractivity contribution in [1.82, 2.24) is 10.3 Å². The first-order valence-electron chi connectivity index (χ1n) is 4.43. The van der Waals surface area contributed by atoms with Crippen molar-refractivity contribution in [2.24, 2.45) is 0 Å². The number of hydrogen-bond acceptors (Lipinski definition) is 4. The first-order valence-corrected chi connectivity index (χ1v) is 5.31. The van der Waals surface area contributed by atoms with E-state index < -0.39 is 0 Å². The van der Waals surface area contributed by atoms with Gasteiger partial charge in [-0.05, 0) is 13.5 Å². The van der Waals surface area contributed by atoms with Gasteiger partial charge in [0.05, 0.1) is 10.7 Å². The van der Waals surface area contributed by atoms with E-state index in [9.17, 15) is 0 Å². The molecule has 0 aliphatic carbocycles. The molecule has 1 N–H and O–H groups in total. The molecular formula is C9H16N2OS. The second-order valence-corrected chi connectivity index (χ2v) is 3.80. The topological polar surface area (TPSA) is 34.1 Å². The summed E-state index contributed by atoms with van der Waals surface area (Å²) in [4.78, 5) is 4.47. The summed E-state index contributed by atoms with van der Waals surface area (Å²) in [7, 11) is 3.66. The summed E-state index contributed by atoms with van der Waals surface area (Å²) in [6.07, 6.45) is 2.09. The van der Waals surface area contributed by atoms with E-state index in [1.54, 1.807) is 18.4 Å². The minimum absolute atomic E-state index is 0.820. The molecule has 0 saturated heterocycles. The van der Waals surface area contributed by atoms with Gasteiger partial charge in [0.25, 0.3) is 0 Å². The van der Waals surface area contributed by atoms with Gasteiger partial charge in [-0.25, -0.2) is 4.98 Å². The van der Waals surface area contributed by atoms with Crippen molar-refractivity contribution in [2.75, 3.05) is 20.8 Å². The van der Waals surface area contributed by atoms with Gasteiger partial charge in [0.2, 0.25) is 0 Å². The van der Waals surface area contributed by atoms with Gasteiger partial charge in [-0.2, -0.15) is 0 Å². The number of nitrogens with one attached hydrogen (secondary N) is 1. The molecule has 0 unspecified atom stereocenters. The van der Waals surface area contributed by atoms with Crippen LogP contribution in [-0.4, -0.2) is 25.7 Å². The smallest absolute Gasteiger partial charge is 0.0929 e. The van der Waals surface area contributed by atoms with Crippen LogP contribution in [0.25, 0.3) is 0 Å². The van der Waals surface area contributed by atoms with Gasteiger partial charge < -0.3 is 10.1 Å². The summed E-state index contributed by atoms with van der Waals surface area (Å²) in [5, 5.41) is 6.40. The van der Waals surface area contributed by atoms with Crippen LogP contribution in [0.5, 0.6) is 0 Å². The van der Waals surface area contributed by atoms with E-state index in [-0.39, 0.29) is 0 Å². The minimum atomic E-state index is 0.820. The molecule has 0 aliphatic rings. The van der Waals surface area contributed by atoms with Crippen LogP contribution in [0.15, 0.2) is 5.38 Å². The van der Waals surface area contributed by atoms with Crippen molar-refractivity contribution in [3.63, 3.8) is 0 Å². The van der Waals surface area contributed by atoms with E-state index in [1.165, 1.54) is 5.01 Å². The monoisotopic (exact) mass is 200 g/mol. The Balaban J connectivity index is 2.31. The molecule has 1 rings (SSSR count). The molecule has 4 heteroatoms. The van der Waals surface area contributed by atoms with Crippen LogP contribution in [-0.2, 0) is 17.7 Å². The number of methoxy groups -OCH3 is 1. The lowest BCUT2D eigenvalue weighted by Crippen LogP contribution is -2.05. The quantitative estimate of drug-likeness (QED) is 0.706. The van der Waals surface area contributed by atoms with E-state index in [2.05, 4.69) is 15.7 Å². The van der Waals surface area contributed by atoms with E-state index in [1.807, 2.05) is 7.05 Å². The van der Waals surface area contributed by atoms with Gasteiger partial charge in [0.15, 0.2) is 0 Å². The average Bonchev–Trinajstić information content (AvgIpc) is 2.54. The summed E-state index contributed by atoms with van der Waals surface area (Å²) >= 11 is 1.73. The molecule has 0 aromatic carbocycles. The maximum absolute atomic E-state index is 4.98. The number of nitrogens with zero attached hydrogens (tertiary/aromatic N) is 1. The number of ether oxygens (including phenoxy) is 1. The number of rotatable bonds is 6. The molecule has 0 bridgehead atoms. The van der Waals surface area contributed by atoms with Crippen LogP contribution < -0.4 is 5.32 Å². The highest BCUT2D eigenvalue weighted by Gasteiger charge is 2.00. The fourth-order valence-electron chi connectivity index (χ4n) is 1.09. The third kappa shape index (κ3) is 3.85. The molecule has 13 heavy (non-hydrogen) atoms. The predicted octanol–water partition coefficient (Wildman–Crippen LogP) is 1.44. The first kappa shape index (κ1) is 10.6. The lowest BCUT2D eigenvalue weighted by molar-refractivity contribution is 0.195. The molecule has 1 aromatic rings. The summed E-state index contributed by atoms with van der Waals surface area (Å²) in [6.45, 7) is 1.68. The molecule has 0 atom stereocenters. The van der Waals surface area contributed by atoms with E-state index in [0.29, 0.717) is 0 Å². The second kappa shape index (κ2) is 6.07. The van der Waals surface area contributed by atoms with Crippen LogP contribution in [0.3, 0.4) is 0 Å². The summed E-state index contributed by atoms with van der Waals surface area (Å²) in [6, 6.07) is 0. The van der Waals surface area contributed by atoms with Gasteiger partial charge >= 0.3 is 0 Å². The zero-order valence-electron chi connectivity index (χ0n) is 8.17. The summed E-state index contributed by atoms with van der Waals surface area (Å²) in [5.41, 5.74) is 1.14. The highest BCUT2D eigenvalue weighted by atomic mass is 32.1. The van der Waals surface area contributed by atoms with Crippen molar-refractivity contribution in [3.05, 3.63) is 16.1 Å². The van der Waals surface area contributed by atoms with Crippen molar-refractivity contribution in [3.8, 4) is 0 Å². The SMILES string of the molecule is CNCc1csc(CCCOC)n1. The molecule has 3 nitrogen and oxygen atoms in total. The van der Waals surface area contributed by atoms with Crippen molar-refractivity contribution >= 4 is 11.3 Å². The van der Waals surface area contributed by atoms with Crippen LogP contribution in [0.1, 0.15) is 17.1 Å². The zero-order chi connectivity index (χ0) is 9.52. The Bertz CT molecular complexity index is 237. The Morgan fingerprint density at radius 1 is 1.62 bits per heavy atom. The molecule has 0 aliphatic heterocycles. The second-order valence-electron chi connectivity index (χ2n) is 2.86. The standard InChI is InChI=1S/C9H16N2OS/c1-10-6-8-7-13-9(11-8)4-3-5-12-2/h7,10H,3-6H2,1-2H3. The number of aromatic nitrogens is 1. The van der Waals surface area contributed by atoms with E-state index in [0.717, 1.165) is 31.7 Å². The van der Waals surface area contributed by atoms with Gasteiger partial charge in [0.1, 0.15) is 0 Å². The van der Waals surface area contributed by atoms with Gasteiger partial charge in [-0.3, -0.25) is 0 Å². The largest absolute Gasteiger partial charge is 0.385 e. The molecule has 0 amide bonds. The first-order chi connectivity index (χ1) is 6.36. The Labute approximate surface area is 83.1 Å². The van der Waals surface area contributed by atoms with E-state index in [4.69, 9.17) is 4.74 Å². The molecule has 0 fully saturated rings. The highest BCUT2D eigenvalue weighted by molar-refractivity contribution is 7.09. The zero-order valence-corrected chi connectivity index (χ0v) is 8.99. The number of hydrogen-bond donors (Lipinski definition) is 1. The third-order valence-corrected chi connectivity index (χ3v) is 2.65. The third-order valence-electron chi connectivity index (χ3n) is 1.70. The molecule has 0 spiro atoms. The molecule has 74 valence electrons. The Morgan fingerprint density at radius 2 is 2.46 bits per heavy atom. The van der Waals surface area contributed by atoms with Crippen molar-refractivity contribution in [2.45, 2.75) is 19.4 Å². The average molecular weight is 200 g/mol. The maximum Gasteiger partial charge on any atom is 0.0929 e. The summed E-state index contributed by atoms with van der Waals surface area (Å²) < 4.78 is 4.98. The maximum atomic E-state index is 4.98.